The molecule has 1 aliphatic heterocycles. The molecule has 2 unspecified atom stereocenters. The van der Waals surface area contributed by atoms with Crippen LogP contribution in [0.25, 0.3) is 0 Å². The summed E-state index contributed by atoms with van der Waals surface area (Å²) >= 11 is 0.957. The van der Waals surface area contributed by atoms with E-state index in [1.807, 2.05) is 24.3 Å². The van der Waals surface area contributed by atoms with E-state index in [9.17, 15) is 18.0 Å². The summed E-state index contributed by atoms with van der Waals surface area (Å²) in [7, 11) is -3.60. The van der Waals surface area contributed by atoms with Crippen molar-refractivity contribution < 1.29 is 23.1 Å². The summed E-state index contributed by atoms with van der Waals surface area (Å²) in [5.74, 6) is -1.59. The lowest BCUT2D eigenvalue weighted by Gasteiger charge is -2.30. The number of aromatic nitrogens is 1. The molecular formula is C21H27N3O5S2. The molecule has 0 saturated carbocycles. The topological polar surface area (TPSA) is 117 Å². The Hall–Kier alpha value is -2.14. The van der Waals surface area contributed by atoms with Gasteiger partial charge in [-0.2, -0.15) is 4.31 Å². The van der Waals surface area contributed by atoms with E-state index in [-0.39, 0.29) is 23.0 Å². The zero-order valence-corrected chi connectivity index (χ0v) is 19.2. The van der Waals surface area contributed by atoms with Crippen LogP contribution in [0.2, 0.25) is 0 Å². The normalized spacial score (nSPS) is 19.1. The fourth-order valence-corrected chi connectivity index (χ4v) is 5.61. The molecule has 10 heteroatoms. The second-order valence-corrected chi connectivity index (χ2v) is 10.5. The van der Waals surface area contributed by atoms with Gasteiger partial charge in [-0.15, -0.1) is 11.3 Å². The Morgan fingerprint density at radius 2 is 1.94 bits per heavy atom. The zero-order valence-electron chi connectivity index (χ0n) is 17.6. The summed E-state index contributed by atoms with van der Waals surface area (Å²) in [6.07, 6.45) is 4.83. The van der Waals surface area contributed by atoms with Gasteiger partial charge in [0.1, 0.15) is 0 Å². The SMILES string of the molecule is CCCCc1ccc(CN(C2CCNC2C(=O)c2nc(C(=O)O)cs2)S(C)(=O)=O)cc1. The van der Waals surface area contributed by atoms with Crippen molar-refractivity contribution in [1.82, 2.24) is 14.6 Å². The molecule has 1 fully saturated rings. The number of thiazole rings is 1. The van der Waals surface area contributed by atoms with Gasteiger partial charge in [-0.3, -0.25) is 4.79 Å². The van der Waals surface area contributed by atoms with E-state index in [1.165, 1.54) is 15.2 Å². The summed E-state index contributed by atoms with van der Waals surface area (Å²) in [5, 5.41) is 13.5. The number of nitrogens with zero attached hydrogens (tertiary/aromatic N) is 2. The molecule has 1 aromatic carbocycles. The van der Waals surface area contributed by atoms with Crippen LogP contribution in [0.5, 0.6) is 0 Å². The van der Waals surface area contributed by atoms with Gasteiger partial charge in [0.25, 0.3) is 0 Å². The van der Waals surface area contributed by atoms with Gasteiger partial charge in [0, 0.05) is 18.0 Å². The number of benzene rings is 1. The van der Waals surface area contributed by atoms with Crippen LogP contribution in [0.1, 0.15) is 57.6 Å². The van der Waals surface area contributed by atoms with Gasteiger partial charge in [-0.1, -0.05) is 37.6 Å². The molecule has 2 heterocycles. The number of hydrogen-bond acceptors (Lipinski definition) is 7. The fourth-order valence-electron chi connectivity index (χ4n) is 3.74. The van der Waals surface area contributed by atoms with E-state index < -0.39 is 28.1 Å². The average Bonchev–Trinajstić information content (AvgIpc) is 3.40. The predicted molar refractivity (Wildman–Crippen MR) is 119 cm³/mol. The average molecular weight is 466 g/mol. The van der Waals surface area contributed by atoms with E-state index in [0.717, 1.165) is 42.4 Å². The number of sulfonamides is 1. The van der Waals surface area contributed by atoms with Crippen molar-refractivity contribution in [2.75, 3.05) is 12.8 Å². The number of nitrogens with one attached hydrogen (secondary N) is 1. The molecule has 1 aromatic heterocycles. The summed E-state index contributed by atoms with van der Waals surface area (Å²) < 4.78 is 26.6. The number of carboxylic acids is 1. The Balaban J connectivity index is 1.80. The van der Waals surface area contributed by atoms with E-state index in [0.29, 0.717) is 13.0 Å². The largest absolute Gasteiger partial charge is 0.476 e. The van der Waals surface area contributed by atoms with E-state index in [1.54, 1.807) is 0 Å². The molecule has 2 N–H and O–H groups in total. The Bertz CT molecular complexity index is 1030. The quantitative estimate of drug-likeness (QED) is 0.518. The highest BCUT2D eigenvalue weighted by molar-refractivity contribution is 7.88. The standard InChI is InChI=1S/C21H27N3O5S2/c1-3-4-5-14-6-8-15(9-7-14)12-24(31(2,28)29)17-10-11-22-18(17)19(25)20-23-16(13-30-20)21(26)27/h6-9,13,17-18,22H,3-5,10-12H2,1-2H3,(H,26,27). The van der Waals surface area contributed by atoms with Gasteiger partial charge in [-0.25, -0.2) is 18.2 Å². The van der Waals surface area contributed by atoms with Crippen LogP contribution >= 0.6 is 11.3 Å². The van der Waals surface area contributed by atoms with E-state index in [2.05, 4.69) is 17.2 Å². The molecule has 8 nitrogen and oxygen atoms in total. The van der Waals surface area contributed by atoms with Crippen LogP contribution < -0.4 is 5.32 Å². The van der Waals surface area contributed by atoms with Crippen LogP contribution in [-0.2, 0) is 23.0 Å². The van der Waals surface area contributed by atoms with Crippen molar-refractivity contribution in [3.8, 4) is 0 Å². The number of Topliss-reactive ketones (excluding diaryl/α,β-unsaturated/α-hetero) is 1. The molecule has 1 aliphatic rings. The third-order valence-electron chi connectivity index (χ3n) is 5.38. The van der Waals surface area contributed by atoms with Gasteiger partial charge >= 0.3 is 5.97 Å². The summed E-state index contributed by atoms with van der Waals surface area (Å²) in [4.78, 5) is 28.0. The van der Waals surface area contributed by atoms with Crippen molar-refractivity contribution in [2.45, 2.75) is 51.2 Å². The number of carbonyl (C=O) groups is 2. The number of aromatic carboxylic acids is 1. The van der Waals surface area contributed by atoms with E-state index >= 15 is 0 Å². The first-order valence-corrected chi connectivity index (χ1v) is 12.9. The molecule has 0 bridgehead atoms. The maximum atomic E-state index is 13.0. The lowest BCUT2D eigenvalue weighted by Crippen LogP contribution is -2.49. The fraction of sp³-hybridized carbons (Fsp3) is 0.476. The second kappa shape index (κ2) is 9.99. The van der Waals surface area contributed by atoms with Gasteiger partial charge in [-0.05, 0) is 36.9 Å². The zero-order chi connectivity index (χ0) is 22.6. The molecule has 0 spiro atoms. The molecule has 3 rings (SSSR count). The van der Waals surface area contributed by atoms with E-state index in [4.69, 9.17) is 5.11 Å². The molecule has 31 heavy (non-hydrogen) atoms. The molecular weight excluding hydrogens is 438 g/mol. The summed E-state index contributed by atoms with van der Waals surface area (Å²) in [6.45, 7) is 2.79. The van der Waals surface area contributed by atoms with Crippen molar-refractivity contribution in [1.29, 1.82) is 0 Å². The Morgan fingerprint density at radius 1 is 1.26 bits per heavy atom. The highest BCUT2D eigenvalue weighted by Crippen LogP contribution is 2.25. The van der Waals surface area contributed by atoms with Crippen molar-refractivity contribution in [3.63, 3.8) is 0 Å². The van der Waals surface area contributed by atoms with Crippen LogP contribution in [0.3, 0.4) is 0 Å². The molecule has 0 aliphatic carbocycles. The number of carbonyl (C=O) groups excluding carboxylic acids is 1. The highest BCUT2D eigenvalue weighted by Gasteiger charge is 2.41. The minimum atomic E-state index is -3.60. The lowest BCUT2D eigenvalue weighted by atomic mass is 10.0. The minimum absolute atomic E-state index is 0.0653. The van der Waals surface area contributed by atoms with Crippen molar-refractivity contribution >= 4 is 33.1 Å². The van der Waals surface area contributed by atoms with Crippen LogP contribution in [0, 0.1) is 0 Å². The number of unbranched alkanes of at least 4 members (excludes halogenated alkanes) is 1. The molecule has 1 saturated heterocycles. The Kier molecular flexibility index (Phi) is 7.58. The monoisotopic (exact) mass is 465 g/mol. The number of ketones is 1. The smallest absolute Gasteiger partial charge is 0.355 e. The third-order valence-corrected chi connectivity index (χ3v) is 7.49. The molecule has 168 valence electrons. The maximum absolute atomic E-state index is 13.0. The van der Waals surface area contributed by atoms with Crippen LogP contribution in [-0.4, -0.2) is 59.5 Å². The first-order valence-electron chi connectivity index (χ1n) is 10.2. The molecule has 0 amide bonds. The van der Waals surface area contributed by atoms with Gasteiger partial charge < -0.3 is 10.4 Å². The number of aryl methyl sites for hydroxylation is 1. The summed E-state index contributed by atoms with van der Waals surface area (Å²) in [5.41, 5.74) is 1.88. The molecule has 2 atom stereocenters. The van der Waals surface area contributed by atoms with Crippen molar-refractivity contribution in [2.24, 2.45) is 0 Å². The highest BCUT2D eigenvalue weighted by atomic mass is 32.2. The minimum Gasteiger partial charge on any atom is -0.476 e. The first kappa shape index (κ1) is 23.5. The Morgan fingerprint density at radius 3 is 2.52 bits per heavy atom. The first-order chi connectivity index (χ1) is 14.7. The summed E-state index contributed by atoms with van der Waals surface area (Å²) in [6, 6.07) is 6.56. The van der Waals surface area contributed by atoms with Crippen LogP contribution in [0.4, 0.5) is 0 Å². The second-order valence-electron chi connectivity index (χ2n) is 7.72. The Labute approximate surface area is 186 Å². The lowest BCUT2D eigenvalue weighted by molar-refractivity contribution is 0.0691. The maximum Gasteiger partial charge on any atom is 0.355 e. The number of carboxylic acid groups (broad SMARTS) is 1. The van der Waals surface area contributed by atoms with Gasteiger partial charge in [0.15, 0.2) is 10.7 Å². The van der Waals surface area contributed by atoms with Gasteiger partial charge in [0.2, 0.25) is 15.8 Å². The van der Waals surface area contributed by atoms with Crippen LogP contribution in [0.15, 0.2) is 29.6 Å². The molecule has 2 aromatic rings. The predicted octanol–water partition coefficient (Wildman–Crippen LogP) is 2.56. The number of rotatable bonds is 10. The third kappa shape index (κ3) is 5.76. The molecule has 0 radical (unpaired) electrons. The van der Waals surface area contributed by atoms with Crippen molar-refractivity contribution in [3.05, 3.63) is 51.5 Å². The number of hydrogen-bond donors (Lipinski definition) is 2. The van der Waals surface area contributed by atoms with Gasteiger partial charge in [0.05, 0.1) is 12.3 Å².